The van der Waals surface area contributed by atoms with Gasteiger partial charge in [-0.25, -0.2) is 0 Å². The minimum absolute atomic E-state index is 0.0636. The SMILES string of the molecule is O=C(O)CC1CN(Cc2ccccc2)CCCN1. The minimum atomic E-state index is -0.728. The maximum absolute atomic E-state index is 10.8. The lowest BCUT2D eigenvalue weighted by Gasteiger charge is -2.23. The van der Waals surface area contributed by atoms with Gasteiger partial charge in [0.1, 0.15) is 0 Å². The van der Waals surface area contributed by atoms with E-state index in [0.717, 1.165) is 32.6 Å². The molecule has 1 saturated heterocycles. The van der Waals surface area contributed by atoms with Crippen molar-refractivity contribution in [3.05, 3.63) is 35.9 Å². The van der Waals surface area contributed by atoms with Gasteiger partial charge in [-0.05, 0) is 25.1 Å². The maximum atomic E-state index is 10.8. The van der Waals surface area contributed by atoms with Gasteiger partial charge in [0.15, 0.2) is 0 Å². The van der Waals surface area contributed by atoms with E-state index in [1.807, 2.05) is 18.2 Å². The molecule has 0 bridgehead atoms. The molecule has 1 heterocycles. The van der Waals surface area contributed by atoms with Crippen molar-refractivity contribution in [1.29, 1.82) is 0 Å². The lowest BCUT2D eigenvalue weighted by Crippen LogP contribution is -2.38. The maximum Gasteiger partial charge on any atom is 0.304 e. The Labute approximate surface area is 108 Å². The molecule has 18 heavy (non-hydrogen) atoms. The number of carbonyl (C=O) groups is 1. The van der Waals surface area contributed by atoms with Crippen LogP contribution in [-0.4, -0.2) is 41.7 Å². The van der Waals surface area contributed by atoms with Gasteiger partial charge in [-0.3, -0.25) is 9.69 Å². The van der Waals surface area contributed by atoms with E-state index in [0.29, 0.717) is 0 Å². The van der Waals surface area contributed by atoms with Crippen LogP contribution in [0.15, 0.2) is 30.3 Å². The number of benzene rings is 1. The first kappa shape index (κ1) is 13.1. The van der Waals surface area contributed by atoms with E-state index in [4.69, 9.17) is 5.11 Å². The molecule has 1 fully saturated rings. The monoisotopic (exact) mass is 248 g/mol. The second-order valence-electron chi connectivity index (χ2n) is 4.82. The topological polar surface area (TPSA) is 52.6 Å². The summed E-state index contributed by atoms with van der Waals surface area (Å²) in [7, 11) is 0. The molecule has 0 amide bonds. The molecule has 0 saturated carbocycles. The van der Waals surface area contributed by atoms with Crippen LogP contribution in [-0.2, 0) is 11.3 Å². The molecule has 0 aliphatic carbocycles. The number of rotatable bonds is 4. The molecular formula is C14H20N2O2. The summed E-state index contributed by atoms with van der Waals surface area (Å²) in [5, 5.41) is 12.2. The normalized spacial score (nSPS) is 21.4. The van der Waals surface area contributed by atoms with E-state index >= 15 is 0 Å². The fraction of sp³-hybridized carbons (Fsp3) is 0.500. The van der Waals surface area contributed by atoms with Crippen LogP contribution in [0.1, 0.15) is 18.4 Å². The molecule has 4 heteroatoms. The highest BCUT2D eigenvalue weighted by Gasteiger charge is 2.19. The number of hydrogen-bond acceptors (Lipinski definition) is 3. The van der Waals surface area contributed by atoms with Crippen molar-refractivity contribution in [3.8, 4) is 0 Å². The molecule has 0 spiro atoms. The third kappa shape index (κ3) is 4.13. The number of nitrogens with one attached hydrogen (secondary N) is 1. The first-order valence-electron chi connectivity index (χ1n) is 6.45. The van der Waals surface area contributed by atoms with Crippen LogP contribution in [0, 0.1) is 0 Å². The van der Waals surface area contributed by atoms with Gasteiger partial charge >= 0.3 is 5.97 Å². The summed E-state index contributed by atoms with van der Waals surface area (Å²) in [5.41, 5.74) is 1.29. The summed E-state index contributed by atoms with van der Waals surface area (Å²) in [4.78, 5) is 13.1. The molecule has 1 aliphatic heterocycles. The number of carboxylic acid groups (broad SMARTS) is 1. The van der Waals surface area contributed by atoms with Crippen LogP contribution in [0.5, 0.6) is 0 Å². The minimum Gasteiger partial charge on any atom is -0.481 e. The lowest BCUT2D eigenvalue weighted by atomic mass is 10.1. The van der Waals surface area contributed by atoms with E-state index in [1.54, 1.807) is 0 Å². The second kappa shape index (κ2) is 6.52. The second-order valence-corrected chi connectivity index (χ2v) is 4.82. The number of hydrogen-bond donors (Lipinski definition) is 2. The van der Waals surface area contributed by atoms with Crippen LogP contribution in [0.4, 0.5) is 0 Å². The Hall–Kier alpha value is -1.39. The van der Waals surface area contributed by atoms with Gasteiger partial charge in [0.2, 0.25) is 0 Å². The highest BCUT2D eigenvalue weighted by atomic mass is 16.4. The zero-order chi connectivity index (χ0) is 12.8. The quantitative estimate of drug-likeness (QED) is 0.844. The molecule has 2 N–H and O–H groups in total. The van der Waals surface area contributed by atoms with Gasteiger partial charge < -0.3 is 10.4 Å². The first-order chi connectivity index (χ1) is 8.74. The average molecular weight is 248 g/mol. The molecule has 1 aromatic carbocycles. The van der Waals surface area contributed by atoms with Crippen molar-refractivity contribution >= 4 is 5.97 Å². The van der Waals surface area contributed by atoms with Gasteiger partial charge in [-0.1, -0.05) is 30.3 Å². The van der Waals surface area contributed by atoms with Crippen LogP contribution in [0.2, 0.25) is 0 Å². The molecule has 0 radical (unpaired) electrons. The number of carboxylic acids is 1. The van der Waals surface area contributed by atoms with E-state index in [2.05, 4.69) is 22.3 Å². The fourth-order valence-corrected chi connectivity index (χ4v) is 2.41. The van der Waals surface area contributed by atoms with E-state index in [-0.39, 0.29) is 12.5 Å². The van der Waals surface area contributed by atoms with Crippen LogP contribution >= 0.6 is 0 Å². The summed E-state index contributed by atoms with van der Waals surface area (Å²) >= 11 is 0. The van der Waals surface area contributed by atoms with E-state index in [9.17, 15) is 4.79 Å². The smallest absolute Gasteiger partial charge is 0.304 e. The standard InChI is InChI=1S/C14H20N2O2/c17-14(18)9-13-11-16(8-4-7-15-13)10-12-5-2-1-3-6-12/h1-3,5-6,13,15H,4,7-11H2,(H,17,18). The van der Waals surface area contributed by atoms with Crippen molar-refractivity contribution in [2.45, 2.75) is 25.4 Å². The van der Waals surface area contributed by atoms with E-state index < -0.39 is 5.97 Å². The van der Waals surface area contributed by atoms with Gasteiger partial charge in [-0.2, -0.15) is 0 Å². The van der Waals surface area contributed by atoms with Crippen molar-refractivity contribution in [2.24, 2.45) is 0 Å². The highest BCUT2D eigenvalue weighted by molar-refractivity contribution is 5.67. The van der Waals surface area contributed by atoms with Crippen LogP contribution in [0.3, 0.4) is 0 Å². The molecule has 1 unspecified atom stereocenters. The van der Waals surface area contributed by atoms with Crippen molar-refractivity contribution in [3.63, 3.8) is 0 Å². The summed E-state index contributed by atoms with van der Waals surface area (Å²) in [6.07, 6.45) is 1.27. The average Bonchev–Trinajstić information content (AvgIpc) is 2.55. The predicted molar refractivity (Wildman–Crippen MR) is 70.4 cm³/mol. The largest absolute Gasteiger partial charge is 0.481 e. The zero-order valence-electron chi connectivity index (χ0n) is 10.5. The summed E-state index contributed by atoms with van der Waals surface area (Å²) < 4.78 is 0. The Morgan fingerprint density at radius 1 is 1.39 bits per heavy atom. The molecule has 2 rings (SSSR count). The Bertz CT molecular complexity index is 381. The predicted octanol–water partition coefficient (Wildman–Crippen LogP) is 1.33. The molecule has 0 aromatic heterocycles. The Morgan fingerprint density at radius 3 is 2.89 bits per heavy atom. The number of nitrogens with zero attached hydrogens (tertiary/aromatic N) is 1. The Morgan fingerprint density at radius 2 is 2.17 bits per heavy atom. The molecule has 1 aliphatic rings. The zero-order valence-corrected chi connectivity index (χ0v) is 10.5. The molecular weight excluding hydrogens is 228 g/mol. The van der Waals surface area contributed by atoms with Gasteiger partial charge in [0.05, 0.1) is 6.42 Å². The van der Waals surface area contributed by atoms with Crippen LogP contribution in [0.25, 0.3) is 0 Å². The Kier molecular flexibility index (Phi) is 4.73. The molecule has 1 atom stereocenters. The van der Waals surface area contributed by atoms with Gasteiger partial charge in [0, 0.05) is 19.1 Å². The molecule has 98 valence electrons. The lowest BCUT2D eigenvalue weighted by molar-refractivity contribution is -0.137. The highest BCUT2D eigenvalue weighted by Crippen LogP contribution is 2.09. The summed E-state index contributed by atoms with van der Waals surface area (Å²) in [6, 6.07) is 10.4. The van der Waals surface area contributed by atoms with E-state index in [1.165, 1.54) is 5.56 Å². The van der Waals surface area contributed by atoms with Crippen LogP contribution < -0.4 is 5.32 Å². The fourth-order valence-electron chi connectivity index (χ4n) is 2.41. The third-order valence-electron chi connectivity index (χ3n) is 3.23. The van der Waals surface area contributed by atoms with Crippen molar-refractivity contribution in [2.75, 3.05) is 19.6 Å². The first-order valence-corrected chi connectivity index (χ1v) is 6.45. The Balaban J connectivity index is 1.92. The third-order valence-corrected chi connectivity index (χ3v) is 3.23. The molecule has 4 nitrogen and oxygen atoms in total. The van der Waals surface area contributed by atoms with Gasteiger partial charge in [-0.15, -0.1) is 0 Å². The number of aliphatic carboxylic acids is 1. The summed E-state index contributed by atoms with van der Waals surface area (Å²) in [5.74, 6) is -0.728. The van der Waals surface area contributed by atoms with Gasteiger partial charge in [0.25, 0.3) is 0 Å². The van der Waals surface area contributed by atoms with Crippen molar-refractivity contribution < 1.29 is 9.90 Å². The summed E-state index contributed by atoms with van der Waals surface area (Å²) in [6.45, 7) is 3.64. The van der Waals surface area contributed by atoms with Crippen molar-refractivity contribution in [1.82, 2.24) is 10.2 Å². The molecule has 1 aromatic rings.